The molecule has 0 aliphatic heterocycles. The summed E-state index contributed by atoms with van der Waals surface area (Å²) < 4.78 is 0. The molecule has 0 nitrogen and oxygen atoms in total. The fourth-order valence-electron chi connectivity index (χ4n) is 5.34. The van der Waals surface area contributed by atoms with Gasteiger partial charge in [-0.05, 0) is 62.3 Å². The Morgan fingerprint density at radius 1 is 0.897 bits per heavy atom. The molecule has 29 heavy (non-hydrogen) atoms. The maximum Gasteiger partial charge on any atom is -0.0126 e. The smallest absolute Gasteiger partial charge is 0.0126 e. The molecular formula is C29H46. The number of unbranched alkanes of at least 4 members (excludes halogenated alkanes) is 1. The molecule has 0 aromatic heterocycles. The van der Waals surface area contributed by atoms with Crippen LogP contribution in [0.3, 0.4) is 0 Å². The summed E-state index contributed by atoms with van der Waals surface area (Å²) in [6, 6.07) is 11.1. The lowest BCUT2D eigenvalue weighted by Crippen LogP contribution is -2.07. The van der Waals surface area contributed by atoms with Crippen molar-refractivity contribution in [3.63, 3.8) is 0 Å². The molecule has 0 saturated heterocycles. The van der Waals surface area contributed by atoms with Crippen LogP contribution in [0, 0.1) is 23.7 Å². The molecule has 0 N–H and O–H groups in total. The van der Waals surface area contributed by atoms with Crippen LogP contribution in [0.2, 0.25) is 0 Å². The van der Waals surface area contributed by atoms with Crippen LogP contribution in [0.1, 0.15) is 98.5 Å². The minimum absolute atomic E-state index is 0.849. The van der Waals surface area contributed by atoms with Gasteiger partial charge in [0.15, 0.2) is 0 Å². The molecule has 0 heteroatoms. The van der Waals surface area contributed by atoms with Crippen molar-refractivity contribution in [2.75, 3.05) is 0 Å². The van der Waals surface area contributed by atoms with Crippen molar-refractivity contribution in [1.82, 2.24) is 0 Å². The summed E-state index contributed by atoms with van der Waals surface area (Å²) in [4.78, 5) is 0. The lowest BCUT2D eigenvalue weighted by atomic mass is 9.85. The van der Waals surface area contributed by atoms with E-state index in [1.54, 1.807) is 16.7 Å². The highest BCUT2D eigenvalue weighted by Crippen LogP contribution is 2.54. The van der Waals surface area contributed by atoms with Crippen molar-refractivity contribution in [3.05, 3.63) is 58.7 Å². The number of hydrogen-bond acceptors (Lipinski definition) is 0. The third-order valence-corrected chi connectivity index (χ3v) is 6.97. The summed E-state index contributed by atoms with van der Waals surface area (Å²) in [5, 5.41) is 0. The Kier molecular flexibility index (Phi) is 10.3. The molecule has 1 aromatic carbocycles. The van der Waals surface area contributed by atoms with Crippen LogP contribution in [0.4, 0.5) is 0 Å². The van der Waals surface area contributed by atoms with Crippen LogP contribution in [0.25, 0.3) is 0 Å². The molecule has 2 aliphatic rings. The highest BCUT2D eigenvalue weighted by molar-refractivity contribution is 5.40. The third-order valence-electron chi connectivity index (χ3n) is 6.97. The zero-order valence-corrected chi connectivity index (χ0v) is 20.1. The van der Waals surface area contributed by atoms with Crippen molar-refractivity contribution in [2.24, 2.45) is 23.7 Å². The minimum atomic E-state index is 0.849. The summed E-state index contributed by atoms with van der Waals surface area (Å²) in [7, 11) is 0. The van der Waals surface area contributed by atoms with Crippen LogP contribution in [0.5, 0.6) is 0 Å². The van der Waals surface area contributed by atoms with Crippen molar-refractivity contribution in [3.8, 4) is 0 Å². The van der Waals surface area contributed by atoms with E-state index in [9.17, 15) is 0 Å². The SMILES string of the molecule is CC.CCCC(CCCCC(C)CC1=C(C)C=C(C)C2CC12)Cc1ccccc1. The van der Waals surface area contributed by atoms with E-state index in [0.29, 0.717) is 0 Å². The van der Waals surface area contributed by atoms with Crippen LogP contribution in [-0.2, 0) is 6.42 Å². The zero-order chi connectivity index (χ0) is 21.2. The molecule has 1 aromatic rings. The van der Waals surface area contributed by atoms with E-state index in [4.69, 9.17) is 0 Å². The number of hydrogen-bond donors (Lipinski definition) is 0. The number of rotatable bonds is 11. The molecule has 4 unspecified atom stereocenters. The highest BCUT2D eigenvalue weighted by atomic mass is 14.5. The maximum absolute atomic E-state index is 2.48. The van der Waals surface area contributed by atoms with Gasteiger partial charge < -0.3 is 0 Å². The van der Waals surface area contributed by atoms with Gasteiger partial charge in [0, 0.05) is 0 Å². The quantitative estimate of drug-likeness (QED) is 0.328. The Morgan fingerprint density at radius 3 is 2.28 bits per heavy atom. The van der Waals surface area contributed by atoms with Gasteiger partial charge in [0.1, 0.15) is 0 Å². The average Bonchev–Trinajstić information content (AvgIpc) is 3.52. The topological polar surface area (TPSA) is 0 Å². The van der Waals surface area contributed by atoms with E-state index in [2.05, 4.69) is 64.1 Å². The van der Waals surface area contributed by atoms with Gasteiger partial charge in [-0.2, -0.15) is 0 Å². The molecule has 1 fully saturated rings. The molecule has 0 spiro atoms. The molecule has 0 bridgehead atoms. The van der Waals surface area contributed by atoms with Crippen LogP contribution in [-0.4, -0.2) is 0 Å². The molecule has 1 saturated carbocycles. The van der Waals surface area contributed by atoms with Crippen LogP contribution in [0.15, 0.2) is 53.1 Å². The number of benzene rings is 1. The summed E-state index contributed by atoms with van der Waals surface area (Å²) in [5.74, 6) is 3.54. The Hall–Kier alpha value is -1.30. The lowest BCUT2D eigenvalue weighted by molar-refractivity contribution is 0.401. The second-order valence-corrected chi connectivity index (χ2v) is 9.48. The van der Waals surface area contributed by atoms with Crippen molar-refractivity contribution < 1.29 is 0 Å². The standard InChI is InChI=1S/C27H40.C2H6/c1-5-11-23(18-24-13-7-6-8-14-24)15-10-9-12-20(2)16-25-21(3)17-22(4)26-19-27(25)26;1-2/h6-8,13-14,17,20,23,26-27H,5,9-12,15-16,18-19H2,1-4H3;1-2H3. The second-order valence-electron chi connectivity index (χ2n) is 9.48. The first-order chi connectivity index (χ1) is 14.1. The van der Waals surface area contributed by atoms with Crippen LogP contribution >= 0.6 is 0 Å². The van der Waals surface area contributed by atoms with Gasteiger partial charge in [0.25, 0.3) is 0 Å². The zero-order valence-electron chi connectivity index (χ0n) is 20.1. The van der Waals surface area contributed by atoms with E-state index in [1.165, 1.54) is 63.4 Å². The first kappa shape index (κ1) is 24.0. The molecule has 2 aliphatic carbocycles. The van der Waals surface area contributed by atoms with Gasteiger partial charge in [-0.3, -0.25) is 0 Å². The normalized spacial score (nSPS) is 22.2. The van der Waals surface area contributed by atoms with E-state index in [-0.39, 0.29) is 0 Å². The van der Waals surface area contributed by atoms with E-state index in [1.807, 2.05) is 13.8 Å². The molecule has 0 heterocycles. The predicted molar refractivity (Wildman–Crippen MR) is 130 cm³/mol. The van der Waals surface area contributed by atoms with Gasteiger partial charge in [-0.15, -0.1) is 0 Å². The average molecular weight is 395 g/mol. The summed E-state index contributed by atoms with van der Waals surface area (Å²) in [6.45, 7) is 13.5. The molecule has 4 atom stereocenters. The lowest BCUT2D eigenvalue weighted by Gasteiger charge is -2.20. The van der Waals surface area contributed by atoms with E-state index < -0.39 is 0 Å². The Bertz CT molecular complexity index is 648. The Labute approximate surface area is 181 Å². The summed E-state index contributed by atoms with van der Waals surface area (Å²) >= 11 is 0. The first-order valence-electron chi connectivity index (χ1n) is 12.5. The number of allylic oxidation sites excluding steroid dienone is 4. The molecule has 162 valence electrons. The van der Waals surface area contributed by atoms with Gasteiger partial charge in [-0.1, -0.05) is 119 Å². The fraction of sp³-hybridized carbons (Fsp3) is 0.655. The number of fused-ring (bicyclic) bond motifs is 1. The molecule has 0 amide bonds. The van der Waals surface area contributed by atoms with E-state index in [0.717, 1.165) is 23.7 Å². The van der Waals surface area contributed by atoms with Crippen molar-refractivity contribution >= 4 is 0 Å². The second kappa shape index (κ2) is 12.4. The summed E-state index contributed by atoms with van der Waals surface area (Å²) in [6.07, 6.45) is 14.8. The molecule has 0 radical (unpaired) electrons. The van der Waals surface area contributed by atoms with Crippen LogP contribution < -0.4 is 0 Å². The Balaban J connectivity index is 0.00000145. The van der Waals surface area contributed by atoms with Crippen molar-refractivity contribution in [2.45, 2.75) is 99.3 Å². The van der Waals surface area contributed by atoms with Crippen molar-refractivity contribution in [1.29, 1.82) is 0 Å². The largest absolute Gasteiger partial charge is 0.0693 e. The predicted octanol–water partition coefficient (Wildman–Crippen LogP) is 9.17. The maximum atomic E-state index is 2.48. The minimum Gasteiger partial charge on any atom is -0.0693 e. The van der Waals surface area contributed by atoms with E-state index >= 15 is 0 Å². The van der Waals surface area contributed by atoms with Gasteiger partial charge in [0.05, 0.1) is 0 Å². The molecular weight excluding hydrogens is 348 g/mol. The monoisotopic (exact) mass is 394 g/mol. The first-order valence-corrected chi connectivity index (χ1v) is 12.5. The third kappa shape index (κ3) is 7.47. The van der Waals surface area contributed by atoms with Gasteiger partial charge in [0.2, 0.25) is 0 Å². The summed E-state index contributed by atoms with van der Waals surface area (Å²) in [5.41, 5.74) is 6.54. The molecule has 3 rings (SSSR count). The van der Waals surface area contributed by atoms with Gasteiger partial charge in [-0.25, -0.2) is 0 Å². The van der Waals surface area contributed by atoms with Gasteiger partial charge >= 0.3 is 0 Å². The Morgan fingerprint density at radius 2 is 1.59 bits per heavy atom. The highest BCUT2D eigenvalue weighted by Gasteiger charge is 2.43. The fourth-order valence-corrected chi connectivity index (χ4v) is 5.34.